The van der Waals surface area contributed by atoms with E-state index in [9.17, 15) is 0 Å². The Bertz CT molecular complexity index is 721. The van der Waals surface area contributed by atoms with Gasteiger partial charge in [0.2, 0.25) is 5.82 Å². The van der Waals surface area contributed by atoms with Gasteiger partial charge in [-0.05, 0) is 25.1 Å². The lowest BCUT2D eigenvalue weighted by Crippen LogP contribution is -1.93. The highest BCUT2D eigenvalue weighted by molar-refractivity contribution is 5.68. The summed E-state index contributed by atoms with van der Waals surface area (Å²) in [5.74, 6) is 1.30. The van der Waals surface area contributed by atoms with Crippen molar-refractivity contribution < 1.29 is 4.52 Å². The van der Waals surface area contributed by atoms with Crippen LogP contribution in [0.5, 0.6) is 0 Å². The number of rotatable bonds is 2. The van der Waals surface area contributed by atoms with Crippen LogP contribution in [0, 0.1) is 6.92 Å². The third kappa shape index (κ3) is 2.18. The van der Waals surface area contributed by atoms with E-state index in [2.05, 4.69) is 15.1 Å². The molecule has 0 amide bonds. The van der Waals surface area contributed by atoms with E-state index >= 15 is 0 Å². The van der Waals surface area contributed by atoms with Crippen LogP contribution >= 0.6 is 0 Å². The molecule has 0 aliphatic carbocycles. The molecule has 0 saturated heterocycles. The number of anilines is 1. The summed E-state index contributed by atoms with van der Waals surface area (Å²) in [5.41, 5.74) is 8.49. The van der Waals surface area contributed by atoms with Crippen LogP contribution < -0.4 is 5.73 Å². The number of nitrogen functional groups attached to an aromatic ring is 1. The molecule has 0 unspecified atom stereocenters. The van der Waals surface area contributed by atoms with Crippen molar-refractivity contribution in [3.63, 3.8) is 0 Å². The number of aromatic nitrogens is 3. The van der Waals surface area contributed by atoms with Crippen LogP contribution in [0.1, 0.15) is 5.56 Å². The van der Waals surface area contributed by atoms with Gasteiger partial charge in [-0.15, -0.1) is 0 Å². The summed E-state index contributed by atoms with van der Waals surface area (Å²) in [5, 5.41) is 3.98. The number of hydrogen-bond donors (Lipinski definition) is 1. The summed E-state index contributed by atoms with van der Waals surface area (Å²) in [4.78, 5) is 8.36. The van der Waals surface area contributed by atoms with Crippen molar-refractivity contribution in [1.82, 2.24) is 15.1 Å². The molecule has 3 aromatic rings. The Balaban J connectivity index is 2.03. The van der Waals surface area contributed by atoms with Gasteiger partial charge in [0, 0.05) is 11.8 Å². The van der Waals surface area contributed by atoms with Crippen LogP contribution in [0.4, 0.5) is 5.82 Å². The van der Waals surface area contributed by atoms with Crippen molar-refractivity contribution in [2.24, 2.45) is 0 Å². The van der Waals surface area contributed by atoms with Gasteiger partial charge in [0.15, 0.2) is 0 Å². The number of benzene rings is 1. The van der Waals surface area contributed by atoms with E-state index in [1.165, 1.54) is 0 Å². The van der Waals surface area contributed by atoms with E-state index < -0.39 is 0 Å². The predicted octanol–water partition coefficient (Wildman–Crippen LogP) is 2.69. The largest absolute Gasteiger partial charge is 0.383 e. The molecule has 2 aromatic heterocycles. The molecule has 5 heteroatoms. The topological polar surface area (TPSA) is 77.8 Å². The van der Waals surface area contributed by atoms with Gasteiger partial charge in [0.05, 0.1) is 5.56 Å². The lowest BCUT2D eigenvalue weighted by atomic mass is 10.1. The Kier molecular flexibility index (Phi) is 2.72. The highest BCUT2D eigenvalue weighted by Gasteiger charge is 2.13. The van der Waals surface area contributed by atoms with Crippen molar-refractivity contribution in [3.8, 4) is 22.8 Å². The van der Waals surface area contributed by atoms with Crippen molar-refractivity contribution in [2.45, 2.75) is 6.92 Å². The van der Waals surface area contributed by atoms with Crippen LogP contribution in [0.3, 0.4) is 0 Å². The first-order valence-electron chi connectivity index (χ1n) is 5.85. The molecule has 1 aromatic carbocycles. The predicted molar refractivity (Wildman–Crippen MR) is 72.1 cm³/mol. The van der Waals surface area contributed by atoms with E-state index in [0.717, 1.165) is 11.1 Å². The average molecular weight is 252 g/mol. The van der Waals surface area contributed by atoms with Gasteiger partial charge in [0.25, 0.3) is 5.89 Å². The number of nitrogens with zero attached hydrogens (tertiary/aromatic N) is 3. The molecule has 3 rings (SSSR count). The zero-order chi connectivity index (χ0) is 13.2. The van der Waals surface area contributed by atoms with Crippen molar-refractivity contribution in [3.05, 3.63) is 48.2 Å². The third-order valence-corrected chi connectivity index (χ3v) is 2.77. The fourth-order valence-electron chi connectivity index (χ4n) is 1.83. The summed E-state index contributed by atoms with van der Waals surface area (Å²) in [6.07, 6.45) is 1.62. The summed E-state index contributed by atoms with van der Waals surface area (Å²) in [6.45, 7) is 2.02. The fraction of sp³-hybridized carbons (Fsp3) is 0.0714. The van der Waals surface area contributed by atoms with Crippen LogP contribution in [-0.2, 0) is 0 Å². The Labute approximate surface area is 110 Å². The molecule has 0 spiro atoms. The lowest BCUT2D eigenvalue weighted by molar-refractivity contribution is 0.432. The molecule has 0 aliphatic heterocycles. The molecule has 0 aliphatic rings. The maximum Gasteiger partial charge on any atom is 0.261 e. The van der Waals surface area contributed by atoms with Gasteiger partial charge in [-0.2, -0.15) is 4.98 Å². The molecular weight excluding hydrogens is 240 g/mol. The van der Waals surface area contributed by atoms with Crippen LogP contribution in [0.2, 0.25) is 0 Å². The Morgan fingerprint density at radius 1 is 1.16 bits per heavy atom. The molecule has 0 atom stereocenters. The normalized spacial score (nSPS) is 10.6. The fourth-order valence-corrected chi connectivity index (χ4v) is 1.83. The van der Waals surface area contributed by atoms with Crippen LogP contribution in [0.15, 0.2) is 47.1 Å². The molecule has 5 nitrogen and oxygen atoms in total. The molecule has 2 heterocycles. The minimum Gasteiger partial charge on any atom is -0.383 e. The molecule has 0 bridgehead atoms. The Morgan fingerprint density at radius 3 is 2.84 bits per heavy atom. The van der Waals surface area contributed by atoms with E-state index in [1.807, 2.05) is 31.2 Å². The first-order chi connectivity index (χ1) is 9.24. The van der Waals surface area contributed by atoms with E-state index in [0.29, 0.717) is 23.1 Å². The number of pyridine rings is 1. The zero-order valence-corrected chi connectivity index (χ0v) is 10.4. The molecule has 2 N–H and O–H groups in total. The van der Waals surface area contributed by atoms with E-state index in [-0.39, 0.29) is 0 Å². The summed E-state index contributed by atoms with van der Waals surface area (Å²) < 4.78 is 5.24. The molecule has 0 saturated carbocycles. The third-order valence-electron chi connectivity index (χ3n) is 2.77. The number of nitrogens with two attached hydrogens (primary N) is 1. The first-order valence-corrected chi connectivity index (χ1v) is 5.85. The number of aryl methyl sites for hydroxylation is 1. The van der Waals surface area contributed by atoms with E-state index in [1.54, 1.807) is 18.3 Å². The maximum absolute atomic E-state index is 5.79. The minimum absolute atomic E-state index is 0.377. The van der Waals surface area contributed by atoms with Gasteiger partial charge in [-0.3, -0.25) is 0 Å². The highest BCUT2D eigenvalue weighted by Crippen LogP contribution is 2.25. The second kappa shape index (κ2) is 4.53. The van der Waals surface area contributed by atoms with Gasteiger partial charge in [-0.1, -0.05) is 28.9 Å². The Morgan fingerprint density at radius 2 is 2.05 bits per heavy atom. The summed E-state index contributed by atoms with van der Waals surface area (Å²) in [6, 6.07) is 11.5. The minimum atomic E-state index is 0.377. The second-order valence-electron chi connectivity index (χ2n) is 4.23. The lowest BCUT2D eigenvalue weighted by Gasteiger charge is -1.97. The summed E-state index contributed by atoms with van der Waals surface area (Å²) in [7, 11) is 0. The molecular formula is C14H12N4O. The number of hydrogen-bond acceptors (Lipinski definition) is 5. The van der Waals surface area contributed by atoms with Gasteiger partial charge >= 0.3 is 0 Å². The van der Waals surface area contributed by atoms with Crippen molar-refractivity contribution in [1.29, 1.82) is 0 Å². The van der Waals surface area contributed by atoms with Crippen LogP contribution in [-0.4, -0.2) is 15.1 Å². The van der Waals surface area contributed by atoms with Crippen molar-refractivity contribution in [2.75, 3.05) is 5.73 Å². The molecule has 94 valence electrons. The van der Waals surface area contributed by atoms with Gasteiger partial charge in [0.1, 0.15) is 5.82 Å². The standard InChI is InChI=1S/C14H12N4O/c1-9-4-2-5-10(8-9)13-17-14(19-18-13)11-6-3-7-16-12(11)15/h2-8H,1H3,(H2,15,16). The molecule has 0 radical (unpaired) electrons. The molecule has 0 fully saturated rings. The van der Waals surface area contributed by atoms with E-state index in [4.69, 9.17) is 10.3 Å². The van der Waals surface area contributed by atoms with Gasteiger partial charge in [-0.25, -0.2) is 4.98 Å². The maximum atomic E-state index is 5.79. The van der Waals surface area contributed by atoms with Crippen molar-refractivity contribution >= 4 is 5.82 Å². The van der Waals surface area contributed by atoms with Crippen LogP contribution in [0.25, 0.3) is 22.8 Å². The molecule has 19 heavy (non-hydrogen) atoms. The average Bonchev–Trinajstić information content (AvgIpc) is 2.89. The second-order valence-corrected chi connectivity index (χ2v) is 4.23. The zero-order valence-electron chi connectivity index (χ0n) is 10.4. The first kappa shape index (κ1) is 11.4. The summed E-state index contributed by atoms with van der Waals surface area (Å²) >= 11 is 0. The quantitative estimate of drug-likeness (QED) is 0.758. The SMILES string of the molecule is Cc1cccc(-c2noc(-c3cccnc3N)n2)c1. The van der Waals surface area contributed by atoms with Gasteiger partial charge < -0.3 is 10.3 Å². The highest BCUT2D eigenvalue weighted by atomic mass is 16.5. The smallest absolute Gasteiger partial charge is 0.261 e. The Hall–Kier alpha value is -2.69. The monoisotopic (exact) mass is 252 g/mol.